The standard InChI is InChI=1S/C12H19BrN2O/c1-4-10(3)14-5-6-15-8-11(13)7-9(2)12(15)16/h7-8,10,14H,4-6H2,1-3H3. The average Bonchev–Trinajstić information content (AvgIpc) is 2.24. The Hall–Kier alpha value is -0.610. The fourth-order valence-electron chi connectivity index (χ4n) is 1.48. The van der Waals surface area contributed by atoms with Crippen molar-refractivity contribution in [2.75, 3.05) is 6.54 Å². The molecule has 0 saturated carbocycles. The number of hydrogen-bond donors (Lipinski definition) is 1. The lowest BCUT2D eigenvalue weighted by Crippen LogP contribution is -2.32. The molecule has 0 aromatic carbocycles. The number of nitrogens with one attached hydrogen (secondary N) is 1. The fourth-order valence-corrected chi connectivity index (χ4v) is 2.07. The Balaban J connectivity index is 2.64. The van der Waals surface area contributed by atoms with Crippen molar-refractivity contribution in [3.05, 3.63) is 32.7 Å². The third-order valence-corrected chi connectivity index (χ3v) is 3.12. The van der Waals surface area contributed by atoms with Crippen LogP contribution in [0.4, 0.5) is 0 Å². The average molecular weight is 287 g/mol. The minimum Gasteiger partial charge on any atom is -0.313 e. The van der Waals surface area contributed by atoms with Crippen LogP contribution in [0.25, 0.3) is 0 Å². The molecule has 0 fully saturated rings. The lowest BCUT2D eigenvalue weighted by Gasteiger charge is -2.12. The minimum atomic E-state index is 0.0918. The second kappa shape index (κ2) is 6.21. The van der Waals surface area contributed by atoms with E-state index in [4.69, 9.17) is 0 Å². The van der Waals surface area contributed by atoms with Crippen LogP contribution in [-0.2, 0) is 6.54 Å². The zero-order valence-electron chi connectivity index (χ0n) is 10.1. The highest BCUT2D eigenvalue weighted by atomic mass is 79.9. The monoisotopic (exact) mass is 286 g/mol. The van der Waals surface area contributed by atoms with Gasteiger partial charge in [0.25, 0.3) is 5.56 Å². The van der Waals surface area contributed by atoms with Crippen molar-refractivity contribution in [3.63, 3.8) is 0 Å². The number of halogens is 1. The van der Waals surface area contributed by atoms with Crippen molar-refractivity contribution >= 4 is 15.9 Å². The first-order chi connectivity index (χ1) is 7.54. The smallest absolute Gasteiger partial charge is 0.253 e. The Labute approximate surface area is 105 Å². The third kappa shape index (κ3) is 3.76. The molecule has 0 saturated heterocycles. The second-order valence-corrected chi connectivity index (χ2v) is 5.02. The topological polar surface area (TPSA) is 34.0 Å². The molecular formula is C12H19BrN2O. The van der Waals surface area contributed by atoms with Crippen LogP contribution in [0.3, 0.4) is 0 Å². The van der Waals surface area contributed by atoms with Crippen LogP contribution >= 0.6 is 15.9 Å². The zero-order chi connectivity index (χ0) is 12.1. The highest BCUT2D eigenvalue weighted by Crippen LogP contribution is 2.07. The summed E-state index contributed by atoms with van der Waals surface area (Å²) in [4.78, 5) is 11.8. The van der Waals surface area contributed by atoms with Crippen molar-refractivity contribution in [2.45, 2.75) is 39.8 Å². The van der Waals surface area contributed by atoms with E-state index in [1.807, 2.05) is 19.2 Å². The predicted octanol–water partition coefficient (Wildman–Crippen LogP) is 2.31. The van der Waals surface area contributed by atoms with E-state index in [2.05, 4.69) is 35.1 Å². The Morgan fingerprint density at radius 2 is 2.25 bits per heavy atom. The normalized spacial score (nSPS) is 12.8. The summed E-state index contributed by atoms with van der Waals surface area (Å²) in [5, 5.41) is 3.37. The summed E-state index contributed by atoms with van der Waals surface area (Å²) in [7, 11) is 0. The fraction of sp³-hybridized carbons (Fsp3) is 0.583. The SMILES string of the molecule is CCC(C)NCCn1cc(Br)cc(C)c1=O. The molecule has 4 heteroatoms. The maximum atomic E-state index is 11.8. The summed E-state index contributed by atoms with van der Waals surface area (Å²) in [5.41, 5.74) is 0.868. The molecule has 1 heterocycles. The lowest BCUT2D eigenvalue weighted by atomic mass is 10.2. The highest BCUT2D eigenvalue weighted by molar-refractivity contribution is 9.10. The molecule has 1 aromatic heterocycles. The molecule has 1 atom stereocenters. The molecule has 1 aromatic rings. The van der Waals surface area contributed by atoms with Crippen LogP contribution < -0.4 is 10.9 Å². The first kappa shape index (κ1) is 13.5. The van der Waals surface area contributed by atoms with Crippen molar-refractivity contribution in [3.8, 4) is 0 Å². The van der Waals surface area contributed by atoms with Crippen LogP contribution in [0.15, 0.2) is 21.5 Å². The Bertz CT molecular complexity index is 400. The highest BCUT2D eigenvalue weighted by Gasteiger charge is 2.02. The van der Waals surface area contributed by atoms with E-state index in [9.17, 15) is 4.79 Å². The molecule has 0 aliphatic rings. The van der Waals surface area contributed by atoms with Gasteiger partial charge in [-0.05, 0) is 42.3 Å². The molecule has 1 unspecified atom stereocenters. The first-order valence-electron chi connectivity index (χ1n) is 5.64. The van der Waals surface area contributed by atoms with Gasteiger partial charge in [0.15, 0.2) is 0 Å². The van der Waals surface area contributed by atoms with Gasteiger partial charge in [-0.2, -0.15) is 0 Å². The minimum absolute atomic E-state index is 0.0918. The van der Waals surface area contributed by atoms with E-state index < -0.39 is 0 Å². The summed E-state index contributed by atoms with van der Waals surface area (Å²) in [5.74, 6) is 0. The summed E-state index contributed by atoms with van der Waals surface area (Å²) < 4.78 is 2.70. The van der Waals surface area contributed by atoms with Gasteiger partial charge in [0.2, 0.25) is 0 Å². The van der Waals surface area contributed by atoms with Crippen LogP contribution in [0.1, 0.15) is 25.8 Å². The quantitative estimate of drug-likeness (QED) is 0.901. The molecular weight excluding hydrogens is 268 g/mol. The van der Waals surface area contributed by atoms with E-state index in [0.29, 0.717) is 12.6 Å². The number of hydrogen-bond acceptors (Lipinski definition) is 2. The molecule has 3 nitrogen and oxygen atoms in total. The zero-order valence-corrected chi connectivity index (χ0v) is 11.7. The first-order valence-corrected chi connectivity index (χ1v) is 6.44. The maximum absolute atomic E-state index is 11.8. The molecule has 1 rings (SSSR count). The van der Waals surface area contributed by atoms with Gasteiger partial charge in [-0.1, -0.05) is 6.92 Å². The number of pyridine rings is 1. The molecule has 16 heavy (non-hydrogen) atoms. The third-order valence-electron chi connectivity index (χ3n) is 2.69. The second-order valence-electron chi connectivity index (χ2n) is 4.10. The van der Waals surface area contributed by atoms with Crippen molar-refractivity contribution in [2.24, 2.45) is 0 Å². The summed E-state index contributed by atoms with van der Waals surface area (Å²) in [6.45, 7) is 7.67. The van der Waals surface area contributed by atoms with Gasteiger partial charge in [0.1, 0.15) is 0 Å². The van der Waals surface area contributed by atoms with Crippen molar-refractivity contribution in [1.82, 2.24) is 9.88 Å². The van der Waals surface area contributed by atoms with Gasteiger partial charge < -0.3 is 9.88 Å². The number of nitrogens with zero attached hydrogens (tertiary/aromatic N) is 1. The van der Waals surface area contributed by atoms with Crippen molar-refractivity contribution in [1.29, 1.82) is 0 Å². The number of aromatic nitrogens is 1. The van der Waals surface area contributed by atoms with Crippen LogP contribution in [0, 0.1) is 6.92 Å². The largest absolute Gasteiger partial charge is 0.313 e. The van der Waals surface area contributed by atoms with Crippen LogP contribution in [0.5, 0.6) is 0 Å². The van der Waals surface area contributed by atoms with Gasteiger partial charge in [0.05, 0.1) is 0 Å². The molecule has 0 aliphatic heterocycles. The molecule has 0 amide bonds. The summed E-state index contributed by atoms with van der Waals surface area (Å²) in [6, 6.07) is 2.35. The molecule has 0 radical (unpaired) electrons. The van der Waals surface area contributed by atoms with E-state index in [1.165, 1.54) is 0 Å². The molecule has 1 N–H and O–H groups in total. The Kier molecular flexibility index (Phi) is 5.22. The van der Waals surface area contributed by atoms with Gasteiger partial charge in [-0.25, -0.2) is 0 Å². The van der Waals surface area contributed by atoms with E-state index in [-0.39, 0.29) is 5.56 Å². The van der Waals surface area contributed by atoms with Crippen molar-refractivity contribution < 1.29 is 0 Å². The molecule has 0 aliphatic carbocycles. The Morgan fingerprint density at radius 1 is 1.56 bits per heavy atom. The number of rotatable bonds is 5. The van der Waals surface area contributed by atoms with Gasteiger partial charge in [-0.3, -0.25) is 4.79 Å². The maximum Gasteiger partial charge on any atom is 0.253 e. The Morgan fingerprint density at radius 3 is 2.88 bits per heavy atom. The summed E-state index contributed by atoms with van der Waals surface area (Å²) in [6.07, 6.45) is 2.94. The molecule has 90 valence electrons. The van der Waals surface area contributed by atoms with Crippen LogP contribution in [-0.4, -0.2) is 17.2 Å². The van der Waals surface area contributed by atoms with E-state index in [0.717, 1.165) is 23.0 Å². The van der Waals surface area contributed by atoms with E-state index >= 15 is 0 Å². The van der Waals surface area contributed by atoms with Gasteiger partial charge in [-0.15, -0.1) is 0 Å². The molecule has 0 spiro atoms. The lowest BCUT2D eigenvalue weighted by molar-refractivity contribution is 0.499. The van der Waals surface area contributed by atoms with Gasteiger partial charge in [0, 0.05) is 35.4 Å². The number of aryl methyl sites for hydroxylation is 1. The van der Waals surface area contributed by atoms with Crippen LogP contribution in [0.2, 0.25) is 0 Å². The molecule has 0 bridgehead atoms. The summed E-state index contributed by atoms with van der Waals surface area (Å²) >= 11 is 3.40. The predicted molar refractivity (Wildman–Crippen MR) is 70.9 cm³/mol. The van der Waals surface area contributed by atoms with E-state index in [1.54, 1.807) is 4.57 Å². The van der Waals surface area contributed by atoms with Gasteiger partial charge >= 0.3 is 0 Å².